The molecule has 0 saturated heterocycles. The molecule has 1 aliphatic rings. The molecule has 1 atom stereocenters. The second-order valence-corrected chi connectivity index (χ2v) is 4.63. The van der Waals surface area contributed by atoms with E-state index >= 15 is 0 Å². The van der Waals surface area contributed by atoms with Gasteiger partial charge in [-0.15, -0.1) is 0 Å². The molecule has 2 rings (SSSR count). The van der Waals surface area contributed by atoms with Crippen molar-refractivity contribution >= 4 is 37.6 Å². The summed E-state index contributed by atoms with van der Waals surface area (Å²) >= 11 is 6.53. The first kappa shape index (κ1) is 8.61. The Morgan fingerprint density at radius 2 is 2.42 bits per heavy atom. The molecule has 1 nitrogen and oxygen atoms in total. The third kappa shape index (κ3) is 1.54. The van der Waals surface area contributed by atoms with Crippen molar-refractivity contribution in [3.05, 3.63) is 28.2 Å². The average Bonchev–Trinajstić information content (AvgIpc) is 2.46. The van der Waals surface area contributed by atoms with Crippen molar-refractivity contribution in [3.63, 3.8) is 0 Å². The zero-order valence-corrected chi connectivity index (χ0v) is 9.81. The number of nitrogens with one attached hydrogen (secondary N) is 1. The van der Waals surface area contributed by atoms with E-state index < -0.39 is 0 Å². The van der Waals surface area contributed by atoms with Gasteiger partial charge in [0.25, 0.3) is 0 Å². The number of hydrogen-bond acceptors (Lipinski definition) is 1. The summed E-state index contributed by atoms with van der Waals surface area (Å²) < 4.78 is 1.17. The van der Waals surface area contributed by atoms with Gasteiger partial charge in [-0.1, -0.05) is 0 Å². The van der Waals surface area contributed by atoms with Crippen molar-refractivity contribution in [2.75, 3.05) is 5.32 Å². The van der Waals surface area contributed by atoms with Gasteiger partial charge in [-0.05, 0) is 0 Å². The van der Waals surface area contributed by atoms with Gasteiger partial charge >= 0.3 is 89.0 Å². The van der Waals surface area contributed by atoms with E-state index in [0.717, 1.165) is 11.7 Å². The van der Waals surface area contributed by atoms with Crippen molar-refractivity contribution < 1.29 is 0 Å². The minimum absolute atomic E-state index is 0.592. The Hall–Kier alpha value is 0.0195. The van der Waals surface area contributed by atoms with Crippen LogP contribution in [0.5, 0.6) is 0 Å². The summed E-state index contributed by atoms with van der Waals surface area (Å²) in [4.78, 5) is 0. The van der Waals surface area contributed by atoms with Crippen LogP contribution >= 0.6 is 15.9 Å². The van der Waals surface area contributed by atoms with E-state index in [1.165, 1.54) is 15.7 Å². The molecule has 0 aliphatic carbocycles. The zero-order valence-electron chi connectivity index (χ0n) is 6.51. The number of halogens is 1. The van der Waals surface area contributed by atoms with Crippen LogP contribution < -0.4 is 5.32 Å². The van der Waals surface area contributed by atoms with Crippen molar-refractivity contribution in [2.24, 2.45) is 0 Å². The Morgan fingerprint density at radius 3 is 3.17 bits per heavy atom. The van der Waals surface area contributed by atoms with Gasteiger partial charge in [0.05, 0.1) is 0 Å². The predicted molar refractivity (Wildman–Crippen MR) is 55.8 cm³/mol. The SMILES string of the molecule is [Se]CC1Cc2cc(Br)ccc2N1. The Morgan fingerprint density at radius 1 is 1.58 bits per heavy atom. The zero-order chi connectivity index (χ0) is 8.55. The van der Waals surface area contributed by atoms with Crippen LogP contribution in [0.15, 0.2) is 22.7 Å². The van der Waals surface area contributed by atoms with E-state index in [1.54, 1.807) is 0 Å². The van der Waals surface area contributed by atoms with E-state index in [0.29, 0.717) is 6.04 Å². The van der Waals surface area contributed by atoms with Gasteiger partial charge in [0, 0.05) is 0 Å². The summed E-state index contributed by atoms with van der Waals surface area (Å²) in [6, 6.07) is 7.00. The Balaban J connectivity index is 2.30. The number of hydrogen-bond donors (Lipinski definition) is 1. The fraction of sp³-hybridized carbons (Fsp3) is 0.333. The monoisotopic (exact) mass is 290 g/mol. The van der Waals surface area contributed by atoms with Gasteiger partial charge in [-0.25, -0.2) is 0 Å². The second-order valence-electron chi connectivity index (χ2n) is 3.01. The van der Waals surface area contributed by atoms with Gasteiger partial charge in [0.2, 0.25) is 0 Å². The molecule has 1 aromatic carbocycles. The van der Waals surface area contributed by atoms with Gasteiger partial charge < -0.3 is 0 Å². The molecule has 0 fully saturated rings. The Kier molecular flexibility index (Phi) is 2.44. The molecule has 0 bridgehead atoms. The van der Waals surface area contributed by atoms with E-state index in [-0.39, 0.29) is 0 Å². The van der Waals surface area contributed by atoms with Gasteiger partial charge in [0.1, 0.15) is 0 Å². The number of rotatable bonds is 1. The topological polar surface area (TPSA) is 12.0 Å². The molecule has 1 heterocycles. The van der Waals surface area contributed by atoms with Crippen molar-refractivity contribution in [1.82, 2.24) is 0 Å². The van der Waals surface area contributed by atoms with Crippen LogP contribution in [0.25, 0.3) is 0 Å². The summed E-state index contributed by atoms with van der Waals surface area (Å²) in [6.07, 6.45) is 1.14. The van der Waals surface area contributed by atoms with E-state index in [1.807, 2.05) is 0 Å². The number of anilines is 1. The predicted octanol–water partition coefficient (Wildman–Crippen LogP) is 2.37. The van der Waals surface area contributed by atoms with E-state index in [9.17, 15) is 0 Å². The fourth-order valence-electron chi connectivity index (χ4n) is 1.51. The fourth-order valence-corrected chi connectivity index (χ4v) is 2.34. The Labute approximate surface area is 88.9 Å². The molecule has 0 saturated carbocycles. The molecule has 0 amide bonds. The quantitative estimate of drug-likeness (QED) is 0.783. The molecule has 1 N–H and O–H groups in total. The summed E-state index contributed by atoms with van der Waals surface area (Å²) in [5.74, 6) is 0. The Bertz CT molecular complexity index is 301. The maximum atomic E-state index is 3.47. The van der Waals surface area contributed by atoms with Gasteiger partial charge in [-0.3, -0.25) is 0 Å². The van der Waals surface area contributed by atoms with Crippen molar-refractivity contribution in [3.8, 4) is 0 Å². The summed E-state index contributed by atoms with van der Waals surface area (Å²) in [5, 5.41) is 4.53. The van der Waals surface area contributed by atoms with Gasteiger partial charge in [-0.2, -0.15) is 0 Å². The molecular weight excluding hydrogens is 281 g/mol. The van der Waals surface area contributed by atoms with E-state index in [2.05, 4.69) is 55.5 Å². The molecule has 12 heavy (non-hydrogen) atoms. The average molecular weight is 290 g/mol. The van der Waals surface area contributed by atoms with Crippen LogP contribution in [0.4, 0.5) is 5.69 Å². The molecule has 0 aromatic heterocycles. The minimum atomic E-state index is 0.592. The summed E-state index contributed by atoms with van der Waals surface area (Å²) in [6.45, 7) is 0. The first-order valence-electron chi connectivity index (χ1n) is 3.92. The number of benzene rings is 1. The molecule has 1 aromatic rings. The standard InChI is InChI=1S/C9H9BrNSe/c10-7-1-2-9-6(3-7)4-8(5-12)11-9/h1-3,8,11H,4-5H2. The van der Waals surface area contributed by atoms with Crippen LogP contribution in [0.1, 0.15) is 5.56 Å². The van der Waals surface area contributed by atoms with Crippen LogP contribution in [-0.2, 0) is 6.42 Å². The first-order valence-corrected chi connectivity index (χ1v) is 5.93. The maximum absolute atomic E-state index is 3.47. The summed E-state index contributed by atoms with van der Waals surface area (Å²) in [5.41, 5.74) is 2.71. The van der Waals surface area contributed by atoms with Crippen molar-refractivity contribution in [1.29, 1.82) is 0 Å². The molecule has 0 spiro atoms. The van der Waals surface area contributed by atoms with Crippen molar-refractivity contribution in [2.45, 2.75) is 17.8 Å². The first-order chi connectivity index (χ1) is 5.79. The summed E-state index contributed by atoms with van der Waals surface area (Å²) in [7, 11) is 0. The second kappa shape index (κ2) is 3.41. The molecular formula is C9H9BrNSe. The van der Waals surface area contributed by atoms with Gasteiger partial charge in [0.15, 0.2) is 0 Å². The third-order valence-electron chi connectivity index (χ3n) is 2.09. The van der Waals surface area contributed by atoms with Crippen LogP contribution in [0, 0.1) is 0 Å². The third-order valence-corrected chi connectivity index (χ3v) is 3.43. The molecule has 1 aliphatic heterocycles. The molecule has 63 valence electrons. The molecule has 1 unspecified atom stereocenters. The van der Waals surface area contributed by atoms with Crippen LogP contribution in [0.2, 0.25) is 5.32 Å². The van der Waals surface area contributed by atoms with E-state index in [4.69, 9.17) is 0 Å². The van der Waals surface area contributed by atoms with Crippen LogP contribution in [-0.4, -0.2) is 22.1 Å². The normalized spacial score (nSPS) is 20.3. The molecule has 3 heteroatoms. The van der Waals surface area contributed by atoms with Crippen LogP contribution in [0.3, 0.4) is 0 Å². The molecule has 1 radical (unpaired) electrons. The number of fused-ring (bicyclic) bond motifs is 1.